The van der Waals surface area contributed by atoms with Crippen LogP contribution in [0.25, 0.3) is 0 Å². The lowest BCUT2D eigenvalue weighted by molar-refractivity contribution is -0.124. The number of aryl methyl sites for hydroxylation is 1. The maximum atomic E-state index is 12.5. The molecule has 1 saturated carbocycles. The molecule has 0 aromatic heterocycles. The number of carbonyl (C=O) groups excluding carboxylic acids is 1. The van der Waals surface area contributed by atoms with E-state index in [-0.39, 0.29) is 5.91 Å². The second-order valence-electron chi connectivity index (χ2n) is 5.42. The zero-order chi connectivity index (χ0) is 13.2. The van der Waals surface area contributed by atoms with Gasteiger partial charge in [-0.2, -0.15) is 0 Å². The van der Waals surface area contributed by atoms with Gasteiger partial charge in [0.25, 0.3) is 0 Å². The highest BCUT2D eigenvalue weighted by molar-refractivity contribution is 5.99. The summed E-state index contributed by atoms with van der Waals surface area (Å²) in [6.45, 7) is 2.04. The van der Waals surface area contributed by atoms with Crippen LogP contribution in [0.3, 0.4) is 0 Å². The molecule has 1 fully saturated rings. The van der Waals surface area contributed by atoms with E-state index in [1.807, 2.05) is 38.2 Å². The molecule has 2 N–H and O–H groups in total. The quantitative estimate of drug-likeness (QED) is 0.872. The minimum atomic E-state index is -0.655. The molecule has 3 nitrogen and oxygen atoms in total. The highest BCUT2D eigenvalue weighted by Gasteiger charge is 2.37. The molecule has 0 radical (unpaired) electrons. The van der Waals surface area contributed by atoms with E-state index < -0.39 is 5.54 Å². The van der Waals surface area contributed by atoms with Crippen molar-refractivity contribution in [3.8, 4) is 0 Å². The Morgan fingerprint density at radius 1 is 1.17 bits per heavy atom. The van der Waals surface area contributed by atoms with E-state index in [0.717, 1.165) is 31.4 Å². The molecule has 2 rings (SSSR count). The largest absolute Gasteiger partial charge is 0.317 e. The Balaban J connectivity index is 2.15. The van der Waals surface area contributed by atoms with Gasteiger partial charge in [0.2, 0.25) is 5.91 Å². The summed E-state index contributed by atoms with van der Waals surface area (Å²) in [7, 11) is 1.82. The van der Waals surface area contributed by atoms with E-state index in [1.165, 1.54) is 12.0 Å². The molecule has 3 heteroatoms. The van der Waals surface area contributed by atoms with Gasteiger partial charge in [0, 0.05) is 12.7 Å². The summed E-state index contributed by atoms with van der Waals surface area (Å²) in [5.41, 5.74) is 7.74. The summed E-state index contributed by atoms with van der Waals surface area (Å²) in [5.74, 6) is 0.0473. The van der Waals surface area contributed by atoms with E-state index in [0.29, 0.717) is 0 Å². The molecule has 0 aliphatic heterocycles. The van der Waals surface area contributed by atoms with Crippen molar-refractivity contribution in [3.05, 3.63) is 29.8 Å². The van der Waals surface area contributed by atoms with Crippen molar-refractivity contribution < 1.29 is 4.79 Å². The molecule has 1 aliphatic carbocycles. The molecule has 98 valence electrons. The van der Waals surface area contributed by atoms with Gasteiger partial charge in [0.15, 0.2) is 0 Å². The standard InChI is InChI=1S/C15H22N2O/c1-12-6-8-13(9-7-12)17(2)14(18)15(16)10-4-3-5-11-15/h6-9H,3-5,10-11,16H2,1-2H3. The Bertz CT molecular complexity index is 419. The van der Waals surface area contributed by atoms with Crippen LogP contribution in [0.5, 0.6) is 0 Å². The Hall–Kier alpha value is -1.35. The molecule has 1 aromatic rings. The van der Waals surface area contributed by atoms with Crippen molar-refractivity contribution >= 4 is 11.6 Å². The number of amides is 1. The summed E-state index contributed by atoms with van der Waals surface area (Å²) in [5, 5.41) is 0. The van der Waals surface area contributed by atoms with Crippen LogP contribution in [0.2, 0.25) is 0 Å². The van der Waals surface area contributed by atoms with Crippen molar-refractivity contribution in [1.29, 1.82) is 0 Å². The first kappa shape index (κ1) is 13.1. The fourth-order valence-corrected chi connectivity index (χ4v) is 2.62. The second-order valence-corrected chi connectivity index (χ2v) is 5.42. The van der Waals surface area contributed by atoms with Gasteiger partial charge in [0.1, 0.15) is 0 Å². The van der Waals surface area contributed by atoms with Crippen molar-refractivity contribution in [2.45, 2.75) is 44.6 Å². The predicted octanol–water partition coefficient (Wildman–Crippen LogP) is 2.62. The number of likely N-dealkylation sites (N-methyl/N-ethyl adjacent to an activating group) is 1. The first-order valence-corrected chi connectivity index (χ1v) is 6.67. The van der Waals surface area contributed by atoms with Crippen LogP contribution < -0.4 is 10.6 Å². The van der Waals surface area contributed by atoms with Crippen LogP contribution in [0.1, 0.15) is 37.7 Å². The Morgan fingerprint density at radius 3 is 2.28 bits per heavy atom. The molecule has 0 spiro atoms. The lowest BCUT2D eigenvalue weighted by Gasteiger charge is -2.35. The van der Waals surface area contributed by atoms with Crippen LogP contribution in [0.15, 0.2) is 24.3 Å². The van der Waals surface area contributed by atoms with Gasteiger partial charge < -0.3 is 10.6 Å². The predicted molar refractivity (Wildman–Crippen MR) is 74.6 cm³/mol. The Morgan fingerprint density at radius 2 is 1.72 bits per heavy atom. The summed E-state index contributed by atoms with van der Waals surface area (Å²) >= 11 is 0. The molecule has 0 saturated heterocycles. The number of rotatable bonds is 2. The number of hydrogen-bond donors (Lipinski definition) is 1. The molecule has 0 atom stereocenters. The smallest absolute Gasteiger partial charge is 0.246 e. The summed E-state index contributed by atoms with van der Waals surface area (Å²) in [6, 6.07) is 7.98. The molecular weight excluding hydrogens is 224 g/mol. The fraction of sp³-hybridized carbons (Fsp3) is 0.533. The van der Waals surface area contributed by atoms with Crippen LogP contribution in [-0.2, 0) is 4.79 Å². The first-order valence-electron chi connectivity index (χ1n) is 6.67. The molecule has 1 amide bonds. The molecule has 1 aromatic carbocycles. The van der Waals surface area contributed by atoms with Gasteiger partial charge in [-0.15, -0.1) is 0 Å². The topological polar surface area (TPSA) is 46.3 Å². The maximum absolute atomic E-state index is 12.5. The van der Waals surface area contributed by atoms with E-state index >= 15 is 0 Å². The minimum absolute atomic E-state index is 0.0473. The number of hydrogen-bond acceptors (Lipinski definition) is 2. The second kappa shape index (κ2) is 5.11. The fourth-order valence-electron chi connectivity index (χ4n) is 2.62. The third-order valence-corrected chi connectivity index (χ3v) is 3.90. The average Bonchev–Trinajstić information content (AvgIpc) is 2.39. The number of anilines is 1. The zero-order valence-corrected chi connectivity index (χ0v) is 11.3. The Labute approximate surface area is 109 Å². The van der Waals surface area contributed by atoms with Crippen molar-refractivity contribution in [2.24, 2.45) is 5.73 Å². The normalized spacial score (nSPS) is 18.4. The van der Waals surface area contributed by atoms with Crippen molar-refractivity contribution in [3.63, 3.8) is 0 Å². The number of nitrogens with two attached hydrogens (primary N) is 1. The van der Waals surface area contributed by atoms with Crippen LogP contribution in [0, 0.1) is 6.92 Å². The Kier molecular flexibility index (Phi) is 3.71. The third kappa shape index (κ3) is 2.56. The number of carbonyl (C=O) groups is 1. The van der Waals surface area contributed by atoms with E-state index in [1.54, 1.807) is 4.90 Å². The number of nitrogens with zero attached hydrogens (tertiary/aromatic N) is 1. The molecule has 1 aliphatic rings. The van der Waals surface area contributed by atoms with Crippen molar-refractivity contribution in [1.82, 2.24) is 0 Å². The van der Waals surface area contributed by atoms with E-state index in [4.69, 9.17) is 5.73 Å². The van der Waals surface area contributed by atoms with Gasteiger partial charge in [-0.3, -0.25) is 4.79 Å². The SMILES string of the molecule is Cc1ccc(N(C)C(=O)C2(N)CCCCC2)cc1. The zero-order valence-electron chi connectivity index (χ0n) is 11.3. The highest BCUT2D eigenvalue weighted by atomic mass is 16.2. The number of benzene rings is 1. The molecule has 0 unspecified atom stereocenters. The van der Waals surface area contributed by atoms with Crippen LogP contribution in [-0.4, -0.2) is 18.5 Å². The molecule has 18 heavy (non-hydrogen) atoms. The maximum Gasteiger partial charge on any atom is 0.246 e. The molecular formula is C15H22N2O. The lowest BCUT2D eigenvalue weighted by Crippen LogP contribution is -2.55. The van der Waals surface area contributed by atoms with Crippen LogP contribution in [0.4, 0.5) is 5.69 Å². The summed E-state index contributed by atoms with van der Waals surface area (Å²) in [6.07, 6.45) is 4.93. The summed E-state index contributed by atoms with van der Waals surface area (Å²) < 4.78 is 0. The first-order chi connectivity index (χ1) is 8.53. The van der Waals surface area contributed by atoms with Gasteiger partial charge >= 0.3 is 0 Å². The van der Waals surface area contributed by atoms with E-state index in [2.05, 4.69) is 0 Å². The average molecular weight is 246 g/mol. The molecule has 0 bridgehead atoms. The monoisotopic (exact) mass is 246 g/mol. The summed E-state index contributed by atoms with van der Waals surface area (Å²) in [4.78, 5) is 14.2. The highest BCUT2D eigenvalue weighted by Crippen LogP contribution is 2.29. The van der Waals surface area contributed by atoms with Gasteiger partial charge in [-0.1, -0.05) is 37.0 Å². The van der Waals surface area contributed by atoms with Gasteiger partial charge in [-0.25, -0.2) is 0 Å². The van der Waals surface area contributed by atoms with Gasteiger partial charge in [0.05, 0.1) is 5.54 Å². The lowest BCUT2D eigenvalue weighted by atomic mass is 9.81. The van der Waals surface area contributed by atoms with Gasteiger partial charge in [-0.05, 0) is 31.9 Å². The van der Waals surface area contributed by atoms with Crippen molar-refractivity contribution in [2.75, 3.05) is 11.9 Å². The molecule has 0 heterocycles. The third-order valence-electron chi connectivity index (χ3n) is 3.90. The minimum Gasteiger partial charge on any atom is -0.317 e. The van der Waals surface area contributed by atoms with E-state index in [9.17, 15) is 4.79 Å². The van der Waals surface area contributed by atoms with Crippen LogP contribution >= 0.6 is 0 Å².